The van der Waals surface area contributed by atoms with Gasteiger partial charge in [-0.1, -0.05) is 0 Å². The van der Waals surface area contributed by atoms with Gasteiger partial charge in [-0.05, 0) is 34.1 Å². The zero-order chi connectivity index (χ0) is 15.3. The van der Waals surface area contributed by atoms with Crippen LogP contribution in [-0.2, 0) is 19.6 Å². The molecule has 0 aliphatic heterocycles. The number of carbonyl (C=O) groups is 1. The maximum Gasteiger partial charge on any atom is 0.306 e. The predicted octanol–water partition coefficient (Wildman–Crippen LogP) is 1.64. The molecule has 0 radical (unpaired) electrons. The second-order valence-electron chi connectivity index (χ2n) is 3.95. The van der Waals surface area contributed by atoms with Crippen molar-refractivity contribution in [1.29, 1.82) is 0 Å². The Kier molecular flexibility index (Phi) is 5.97. The van der Waals surface area contributed by atoms with Crippen molar-refractivity contribution in [2.75, 3.05) is 27.8 Å². The molecule has 8 heteroatoms. The Morgan fingerprint density at radius 1 is 1.35 bits per heavy atom. The molecule has 1 aromatic carbocycles. The van der Waals surface area contributed by atoms with E-state index in [0.717, 1.165) is 4.31 Å². The number of methoxy groups -OCH3 is 2. The number of halogens is 1. The number of esters is 1. The standard InChI is InChI=1S/C12H16BrNO5S/c1-14(7-6-12(15)19-3)20(16,17)9-4-5-11(18-2)10(13)8-9/h4-5,8H,6-7H2,1-3H3. The largest absolute Gasteiger partial charge is 0.496 e. The molecule has 0 fully saturated rings. The Morgan fingerprint density at radius 2 is 2.00 bits per heavy atom. The molecule has 6 nitrogen and oxygen atoms in total. The number of sulfonamides is 1. The summed E-state index contributed by atoms with van der Waals surface area (Å²) in [7, 11) is 0.521. The third-order valence-corrected chi connectivity index (χ3v) is 5.16. The number of benzene rings is 1. The molecule has 0 amide bonds. The van der Waals surface area contributed by atoms with Crippen LogP contribution in [0.1, 0.15) is 6.42 Å². The number of carbonyl (C=O) groups excluding carboxylic acids is 1. The fourth-order valence-corrected chi connectivity index (χ4v) is 3.35. The summed E-state index contributed by atoms with van der Waals surface area (Å²) >= 11 is 3.24. The molecule has 0 aromatic heterocycles. The summed E-state index contributed by atoms with van der Waals surface area (Å²) in [6.07, 6.45) is 0.00353. The first kappa shape index (κ1) is 16.9. The Bertz CT molecular complexity index is 588. The summed E-state index contributed by atoms with van der Waals surface area (Å²) in [4.78, 5) is 11.2. The van der Waals surface area contributed by atoms with Gasteiger partial charge in [0.15, 0.2) is 0 Å². The molecule has 0 spiro atoms. The quantitative estimate of drug-likeness (QED) is 0.716. The highest BCUT2D eigenvalue weighted by Gasteiger charge is 2.22. The first-order valence-electron chi connectivity index (χ1n) is 5.69. The Morgan fingerprint density at radius 3 is 2.50 bits per heavy atom. The average Bonchev–Trinajstić information content (AvgIpc) is 2.43. The zero-order valence-electron chi connectivity index (χ0n) is 11.4. The number of nitrogens with zero attached hydrogens (tertiary/aromatic N) is 1. The Balaban J connectivity index is 2.92. The highest BCUT2D eigenvalue weighted by Crippen LogP contribution is 2.28. The van der Waals surface area contributed by atoms with Crippen LogP contribution in [0.25, 0.3) is 0 Å². The van der Waals surface area contributed by atoms with Crippen LogP contribution in [0, 0.1) is 0 Å². The topological polar surface area (TPSA) is 72.9 Å². The fourth-order valence-electron chi connectivity index (χ4n) is 1.46. The van der Waals surface area contributed by atoms with Gasteiger partial charge in [0.05, 0.1) is 30.0 Å². The SMILES string of the molecule is COC(=O)CCN(C)S(=O)(=O)c1ccc(OC)c(Br)c1. The van der Waals surface area contributed by atoms with Crippen molar-refractivity contribution in [3.8, 4) is 5.75 Å². The minimum Gasteiger partial charge on any atom is -0.496 e. The van der Waals surface area contributed by atoms with Crippen LogP contribution >= 0.6 is 15.9 Å². The van der Waals surface area contributed by atoms with E-state index in [1.54, 1.807) is 6.07 Å². The number of hydrogen-bond acceptors (Lipinski definition) is 5. The van der Waals surface area contributed by atoms with Crippen LogP contribution in [0.3, 0.4) is 0 Å². The molecule has 0 N–H and O–H groups in total. The van der Waals surface area contributed by atoms with Crippen molar-refractivity contribution in [1.82, 2.24) is 4.31 Å². The smallest absolute Gasteiger partial charge is 0.306 e. The van der Waals surface area contributed by atoms with Gasteiger partial charge in [-0.3, -0.25) is 4.79 Å². The number of rotatable bonds is 6. The van der Waals surface area contributed by atoms with Crippen LogP contribution < -0.4 is 4.74 Å². The molecule has 0 heterocycles. The molecule has 0 aliphatic rings. The normalized spacial score (nSPS) is 11.4. The lowest BCUT2D eigenvalue weighted by Crippen LogP contribution is -2.29. The van der Waals surface area contributed by atoms with Gasteiger partial charge in [0.2, 0.25) is 10.0 Å². The molecule has 112 valence electrons. The molecular weight excluding hydrogens is 350 g/mol. The molecule has 0 atom stereocenters. The highest BCUT2D eigenvalue weighted by atomic mass is 79.9. The fraction of sp³-hybridized carbons (Fsp3) is 0.417. The van der Waals surface area contributed by atoms with Gasteiger partial charge in [0.1, 0.15) is 5.75 Å². The molecule has 0 saturated heterocycles. The van der Waals surface area contributed by atoms with Gasteiger partial charge in [-0.2, -0.15) is 0 Å². The maximum absolute atomic E-state index is 12.3. The minimum atomic E-state index is -3.65. The van der Waals surface area contributed by atoms with Crippen LogP contribution in [-0.4, -0.2) is 46.5 Å². The lowest BCUT2D eigenvalue weighted by Gasteiger charge is -2.17. The number of ether oxygens (including phenoxy) is 2. The Labute approximate surface area is 126 Å². The lowest BCUT2D eigenvalue weighted by atomic mass is 10.3. The van der Waals surface area contributed by atoms with Gasteiger partial charge < -0.3 is 9.47 Å². The molecule has 0 aliphatic carbocycles. The van der Waals surface area contributed by atoms with Gasteiger partial charge in [0.25, 0.3) is 0 Å². The van der Waals surface area contributed by atoms with Gasteiger partial charge in [0, 0.05) is 13.6 Å². The van der Waals surface area contributed by atoms with E-state index >= 15 is 0 Å². The number of hydrogen-bond donors (Lipinski definition) is 0. The molecular formula is C12H16BrNO5S. The van der Waals surface area contributed by atoms with E-state index in [1.807, 2.05) is 0 Å². The summed E-state index contributed by atoms with van der Waals surface area (Å²) in [5.74, 6) is 0.0872. The zero-order valence-corrected chi connectivity index (χ0v) is 13.8. The molecule has 0 bridgehead atoms. The summed E-state index contributed by atoms with van der Waals surface area (Å²) in [5, 5.41) is 0. The van der Waals surface area contributed by atoms with Crippen molar-refractivity contribution in [2.45, 2.75) is 11.3 Å². The van der Waals surface area contributed by atoms with Gasteiger partial charge in [-0.25, -0.2) is 12.7 Å². The third kappa shape index (κ3) is 3.94. The van der Waals surface area contributed by atoms with E-state index in [2.05, 4.69) is 20.7 Å². The van der Waals surface area contributed by atoms with E-state index in [1.165, 1.54) is 33.4 Å². The molecule has 20 heavy (non-hydrogen) atoms. The van der Waals surface area contributed by atoms with E-state index in [4.69, 9.17) is 4.74 Å². The van der Waals surface area contributed by atoms with Crippen LogP contribution in [0.4, 0.5) is 0 Å². The molecule has 1 rings (SSSR count). The van der Waals surface area contributed by atoms with Gasteiger partial charge >= 0.3 is 5.97 Å². The first-order chi connectivity index (χ1) is 9.32. The minimum absolute atomic E-state index is 0.00353. The first-order valence-corrected chi connectivity index (χ1v) is 7.93. The van der Waals surface area contributed by atoms with Crippen molar-refractivity contribution in [3.63, 3.8) is 0 Å². The van der Waals surface area contributed by atoms with Crippen molar-refractivity contribution in [3.05, 3.63) is 22.7 Å². The summed E-state index contributed by atoms with van der Waals surface area (Å²) in [5.41, 5.74) is 0. The van der Waals surface area contributed by atoms with Crippen LogP contribution in [0.5, 0.6) is 5.75 Å². The lowest BCUT2D eigenvalue weighted by molar-refractivity contribution is -0.140. The summed E-state index contributed by atoms with van der Waals surface area (Å²) < 4.78 is 35.8. The van der Waals surface area contributed by atoms with Crippen molar-refractivity contribution >= 4 is 31.9 Å². The monoisotopic (exact) mass is 365 g/mol. The van der Waals surface area contributed by atoms with Gasteiger partial charge in [-0.15, -0.1) is 0 Å². The summed E-state index contributed by atoms with van der Waals surface area (Å²) in [6.45, 7) is 0.0542. The highest BCUT2D eigenvalue weighted by molar-refractivity contribution is 9.10. The molecule has 0 unspecified atom stereocenters. The van der Waals surface area contributed by atoms with Crippen molar-refractivity contribution in [2.24, 2.45) is 0 Å². The second kappa shape index (κ2) is 7.05. The third-order valence-electron chi connectivity index (χ3n) is 2.69. The van der Waals surface area contributed by atoms with E-state index in [-0.39, 0.29) is 17.9 Å². The van der Waals surface area contributed by atoms with Crippen LogP contribution in [0.2, 0.25) is 0 Å². The van der Waals surface area contributed by atoms with E-state index < -0.39 is 16.0 Å². The molecule has 1 aromatic rings. The second-order valence-corrected chi connectivity index (χ2v) is 6.85. The van der Waals surface area contributed by atoms with Crippen LogP contribution in [0.15, 0.2) is 27.6 Å². The van der Waals surface area contributed by atoms with E-state index in [9.17, 15) is 13.2 Å². The maximum atomic E-state index is 12.3. The summed E-state index contributed by atoms with van der Waals surface area (Å²) in [6, 6.07) is 4.47. The average molecular weight is 366 g/mol. The predicted molar refractivity (Wildman–Crippen MR) is 77.1 cm³/mol. The van der Waals surface area contributed by atoms with Crippen molar-refractivity contribution < 1.29 is 22.7 Å². The Hall–Kier alpha value is -1.12. The molecule has 0 saturated carbocycles. The van der Waals surface area contributed by atoms with E-state index in [0.29, 0.717) is 10.2 Å².